The van der Waals surface area contributed by atoms with Gasteiger partial charge in [-0.15, -0.1) is 11.3 Å². The van der Waals surface area contributed by atoms with Crippen molar-refractivity contribution < 1.29 is 22.8 Å². The van der Waals surface area contributed by atoms with Crippen LogP contribution in [0.4, 0.5) is 18.9 Å². The van der Waals surface area contributed by atoms with E-state index in [0.29, 0.717) is 23.8 Å². The fourth-order valence-electron chi connectivity index (χ4n) is 5.98. The van der Waals surface area contributed by atoms with Crippen LogP contribution in [0.1, 0.15) is 54.9 Å². The Balaban J connectivity index is 1.03. The summed E-state index contributed by atoms with van der Waals surface area (Å²) in [5, 5.41) is 4.64. The number of alkyl halides is 3. The van der Waals surface area contributed by atoms with E-state index in [-0.39, 0.29) is 30.2 Å². The molecule has 1 aromatic carbocycles. The number of piperidine rings is 1. The second-order valence-electron chi connectivity index (χ2n) is 9.92. The SMILES string of the molecule is O=C(CCC(=O)C1[C@H]2CN(C3CCC(c4cccs4)CC3)C[C@@H]12)Nc1cccc(C(F)(F)F)c1. The molecule has 0 radical (unpaired) electrons. The summed E-state index contributed by atoms with van der Waals surface area (Å²) in [5.41, 5.74) is -0.711. The van der Waals surface area contributed by atoms with Crippen LogP contribution >= 0.6 is 11.3 Å². The summed E-state index contributed by atoms with van der Waals surface area (Å²) in [6, 6.07) is 9.55. The van der Waals surface area contributed by atoms with Crippen molar-refractivity contribution in [1.82, 2.24) is 4.90 Å². The number of thiophene rings is 1. The Labute approximate surface area is 201 Å². The topological polar surface area (TPSA) is 49.4 Å². The molecule has 1 unspecified atom stereocenters. The number of hydrogen-bond donors (Lipinski definition) is 1. The number of benzene rings is 1. The molecule has 1 amide bonds. The predicted molar refractivity (Wildman–Crippen MR) is 126 cm³/mol. The minimum atomic E-state index is -4.46. The standard InChI is InChI=1S/C26H29F3N2O2S/c27-26(28,29)17-3-1-4-18(13-17)30-24(33)11-10-22(32)25-20-14-31(15-21(20)25)19-8-6-16(7-9-19)23-5-2-12-34-23/h1-5,12-13,16,19-21,25H,6-11,14-15H2,(H,30,33)/t16?,19?,20-,21+,25?. The first-order chi connectivity index (χ1) is 16.3. The Morgan fingerprint density at radius 2 is 1.74 bits per heavy atom. The zero-order valence-corrected chi connectivity index (χ0v) is 19.7. The van der Waals surface area contributed by atoms with Gasteiger partial charge in [-0.25, -0.2) is 0 Å². The van der Waals surface area contributed by atoms with E-state index in [1.165, 1.54) is 42.7 Å². The maximum atomic E-state index is 12.8. The quantitative estimate of drug-likeness (QED) is 0.521. The monoisotopic (exact) mass is 490 g/mol. The van der Waals surface area contributed by atoms with E-state index in [1.807, 2.05) is 11.3 Å². The Bertz CT molecular complexity index is 1020. The summed E-state index contributed by atoms with van der Waals surface area (Å²) in [5.74, 6) is 1.27. The average Bonchev–Trinajstić information content (AvgIpc) is 3.17. The van der Waals surface area contributed by atoms with Gasteiger partial charge < -0.3 is 5.32 Å². The third kappa shape index (κ3) is 5.08. The molecule has 2 aromatic rings. The van der Waals surface area contributed by atoms with E-state index in [1.54, 1.807) is 0 Å². The minimum absolute atomic E-state index is 0.00145. The maximum Gasteiger partial charge on any atom is 0.416 e. The van der Waals surface area contributed by atoms with Crippen LogP contribution < -0.4 is 5.32 Å². The van der Waals surface area contributed by atoms with Crippen LogP contribution in [0.2, 0.25) is 0 Å². The van der Waals surface area contributed by atoms with Gasteiger partial charge in [-0.1, -0.05) is 12.1 Å². The van der Waals surface area contributed by atoms with Crippen molar-refractivity contribution in [1.29, 1.82) is 0 Å². The third-order valence-electron chi connectivity index (χ3n) is 7.82. The number of carbonyl (C=O) groups is 2. The van der Waals surface area contributed by atoms with Gasteiger partial charge in [0.15, 0.2) is 0 Å². The normalized spacial score (nSPS) is 29.0. The Hall–Kier alpha value is -2.19. The summed E-state index contributed by atoms with van der Waals surface area (Å²) in [4.78, 5) is 28.9. The van der Waals surface area contributed by atoms with Gasteiger partial charge in [0.1, 0.15) is 5.78 Å². The predicted octanol–water partition coefficient (Wildman–Crippen LogP) is 5.96. The molecule has 5 rings (SSSR count). The molecule has 8 heteroatoms. The van der Waals surface area contributed by atoms with E-state index < -0.39 is 17.6 Å². The van der Waals surface area contributed by atoms with Crippen molar-refractivity contribution in [2.75, 3.05) is 18.4 Å². The first kappa shape index (κ1) is 23.5. The number of ketones is 1. The molecule has 0 spiro atoms. The van der Waals surface area contributed by atoms with Crippen LogP contribution in [0.5, 0.6) is 0 Å². The highest BCUT2D eigenvalue weighted by atomic mass is 32.1. The van der Waals surface area contributed by atoms with Crippen molar-refractivity contribution in [2.24, 2.45) is 17.8 Å². The number of nitrogens with zero attached hydrogens (tertiary/aromatic N) is 1. The van der Waals surface area contributed by atoms with E-state index >= 15 is 0 Å². The van der Waals surface area contributed by atoms with Gasteiger partial charge in [0.05, 0.1) is 5.56 Å². The van der Waals surface area contributed by atoms with Crippen molar-refractivity contribution in [3.63, 3.8) is 0 Å². The van der Waals surface area contributed by atoms with Crippen molar-refractivity contribution in [3.05, 3.63) is 52.2 Å². The molecule has 3 atom stereocenters. The van der Waals surface area contributed by atoms with Gasteiger partial charge in [0.25, 0.3) is 0 Å². The van der Waals surface area contributed by atoms with Crippen molar-refractivity contribution in [3.8, 4) is 0 Å². The van der Waals surface area contributed by atoms with Gasteiger partial charge in [0, 0.05) is 48.5 Å². The lowest BCUT2D eigenvalue weighted by Crippen LogP contribution is -2.38. The largest absolute Gasteiger partial charge is 0.416 e. The fourth-order valence-corrected chi connectivity index (χ4v) is 6.88. The van der Waals surface area contributed by atoms with Crippen molar-refractivity contribution in [2.45, 2.75) is 56.7 Å². The van der Waals surface area contributed by atoms with Crippen LogP contribution in [-0.4, -0.2) is 35.7 Å². The Kier molecular flexibility index (Phi) is 6.55. The molecular formula is C26H29F3N2O2S. The highest BCUT2D eigenvalue weighted by molar-refractivity contribution is 7.10. The van der Waals surface area contributed by atoms with Crippen molar-refractivity contribution >= 4 is 28.7 Å². The van der Waals surface area contributed by atoms with Gasteiger partial charge in [-0.3, -0.25) is 14.5 Å². The molecule has 1 aliphatic heterocycles. The highest BCUT2D eigenvalue weighted by Crippen LogP contribution is 2.54. The number of nitrogens with one attached hydrogen (secondary N) is 1. The number of amides is 1. The van der Waals surface area contributed by atoms with Crippen LogP contribution in [0.25, 0.3) is 0 Å². The Morgan fingerprint density at radius 1 is 1.00 bits per heavy atom. The van der Waals surface area contributed by atoms with Gasteiger partial charge in [-0.05, 0) is 73.1 Å². The molecule has 1 N–H and O–H groups in total. The number of carbonyl (C=O) groups excluding carboxylic acids is 2. The fraction of sp³-hybridized carbons (Fsp3) is 0.538. The molecule has 1 aromatic heterocycles. The van der Waals surface area contributed by atoms with Crippen LogP contribution in [0.3, 0.4) is 0 Å². The van der Waals surface area contributed by atoms with E-state index in [4.69, 9.17) is 0 Å². The zero-order chi connectivity index (χ0) is 23.9. The summed E-state index contributed by atoms with van der Waals surface area (Å²) >= 11 is 1.86. The third-order valence-corrected chi connectivity index (χ3v) is 8.86. The number of likely N-dealkylation sites (tertiary alicyclic amines) is 1. The number of hydrogen-bond acceptors (Lipinski definition) is 4. The second-order valence-corrected chi connectivity index (χ2v) is 10.9. The molecule has 4 nitrogen and oxygen atoms in total. The van der Waals surface area contributed by atoms with Crippen LogP contribution in [0, 0.1) is 17.8 Å². The summed E-state index contributed by atoms with van der Waals surface area (Å²) in [7, 11) is 0. The summed E-state index contributed by atoms with van der Waals surface area (Å²) in [6.45, 7) is 1.96. The lowest BCUT2D eigenvalue weighted by Gasteiger charge is -2.35. The number of anilines is 1. The molecule has 34 heavy (non-hydrogen) atoms. The summed E-state index contributed by atoms with van der Waals surface area (Å²) in [6.07, 6.45) is 0.598. The van der Waals surface area contributed by atoms with Gasteiger partial charge in [-0.2, -0.15) is 13.2 Å². The first-order valence-electron chi connectivity index (χ1n) is 12.1. The maximum absolute atomic E-state index is 12.8. The smallest absolute Gasteiger partial charge is 0.326 e. The van der Waals surface area contributed by atoms with E-state index in [0.717, 1.165) is 25.2 Å². The highest BCUT2D eigenvalue weighted by Gasteiger charge is 2.59. The molecular weight excluding hydrogens is 461 g/mol. The molecule has 2 saturated carbocycles. The molecule has 182 valence electrons. The lowest BCUT2D eigenvalue weighted by molar-refractivity contribution is -0.137. The number of rotatable bonds is 7. The summed E-state index contributed by atoms with van der Waals surface area (Å²) < 4.78 is 38.5. The van der Waals surface area contributed by atoms with Gasteiger partial charge in [0.2, 0.25) is 5.91 Å². The minimum Gasteiger partial charge on any atom is -0.326 e. The Morgan fingerprint density at radius 3 is 2.38 bits per heavy atom. The number of fused-ring (bicyclic) bond motifs is 1. The molecule has 3 fully saturated rings. The number of halogens is 3. The molecule has 0 bridgehead atoms. The zero-order valence-electron chi connectivity index (χ0n) is 18.9. The molecule has 2 heterocycles. The average molecular weight is 491 g/mol. The van der Waals surface area contributed by atoms with Crippen LogP contribution in [-0.2, 0) is 15.8 Å². The van der Waals surface area contributed by atoms with E-state index in [9.17, 15) is 22.8 Å². The van der Waals surface area contributed by atoms with Crippen LogP contribution in [0.15, 0.2) is 41.8 Å². The second kappa shape index (κ2) is 9.46. The molecule has 1 saturated heterocycles. The number of Topliss-reactive ketones (excluding diaryl/α,β-unsaturated/α-hetero) is 1. The van der Waals surface area contributed by atoms with E-state index in [2.05, 4.69) is 27.7 Å². The lowest BCUT2D eigenvalue weighted by atomic mass is 9.84. The first-order valence-corrected chi connectivity index (χ1v) is 12.9. The molecule has 2 aliphatic carbocycles. The van der Waals surface area contributed by atoms with Gasteiger partial charge >= 0.3 is 6.18 Å². The molecule has 3 aliphatic rings.